The fourth-order valence-corrected chi connectivity index (χ4v) is 2.59. The Morgan fingerprint density at radius 1 is 1.22 bits per heavy atom. The van der Waals surface area contributed by atoms with Crippen LogP contribution in [0.5, 0.6) is 0 Å². The highest BCUT2D eigenvalue weighted by atomic mass is 16.6. The summed E-state index contributed by atoms with van der Waals surface area (Å²) in [5.41, 5.74) is 0.814. The first-order valence-corrected chi connectivity index (χ1v) is 7.40. The molecule has 0 aromatic carbocycles. The van der Waals surface area contributed by atoms with Crippen molar-refractivity contribution in [2.45, 2.75) is 50.8 Å². The van der Waals surface area contributed by atoms with Gasteiger partial charge in [-0.3, -0.25) is 4.57 Å². The van der Waals surface area contributed by atoms with Crippen LogP contribution in [0.1, 0.15) is 27.0 Å². The first-order valence-electron chi connectivity index (χ1n) is 7.40. The van der Waals surface area contributed by atoms with Crippen molar-refractivity contribution in [3.63, 3.8) is 0 Å². The van der Waals surface area contributed by atoms with Crippen molar-refractivity contribution in [2.24, 2.45) is 0 Å². The number of nitrogens with one attached hydrogen (secondary N) is 1. The van der Waals surface area contributed by atoms with Crippen LogP contribution in [0.4, 0.5) is 5.82 Å². The van der Waals surface area contributed by atoms with E-state index in [-0.39, 0.29) is 12.1 Å². The lowest BCUT2D eigenvalue weighted by molar-refractivity contribution is -0.0511. The molecule has 1 aliphatic heterocycles. The number of aliphatic hydroxyl groups excluding tert-OH is 3. The lowest BCUT2D eigenvalue weighted by atomic mass is 10.1. The van der Waals surface area contributed by atoms with E-state index in [2.05, 4.69) is 20.3 Å². The van der Waals surface area contributed by atoms with Crippen LogP contribution in [0.3, 0.4) is 0 Å². The summed E-state index contributed by atoms with van der Waals surface area (Å²) in [6.07, 6.45) is -1.19. The van der Waals surface area contributed by atoms with E-state index in [1.807, 2.05) is 20.8 Å². The zero-order valence-electron chi connectivity index (χ0n) is 13.2. The maximum atomic E-state index is 10.2. The van der Waals surface area contributed by atoms with Gasteiger partial charge in [0.15, 0.2) is 23.2 Å². The van der Waals surface area contributed by atoms with Gasteiger partial charge in [0.05, 0.1) is 12.9 Å². The zero-order chi connectivity index (χ0) is 16.8. The summed E-state index contributed by atoms with van der Waals surface area (Å²) < 4.78 is 7.06. The van der Waals surface area contributed by atoms with Crippen molar-refractivity contribution < 1.29 is 20.1 Å². The Balaban J connectivity index is 1.99. The summed E-state index contributed by atoms with van der Waals surface area (Å²) >= 11 is 0. The minimum Gasteiger partial charge on any atom is -0.394 e. The summed E-state index contributed by atoms with van der Waals surface area (Å²) in [6.45, 7) is 5.63. The predicted octanol–water partition coefficient (Wildman–Crippen LogP) is -0.352. The molecule has 4 atom stereocenters. The van der Waals surface area contributed by atoms with E-state index in [4.69, 9.17) is 4.74 Å². The Hall–Kier alpha value is -1.81. The van der Waals surface area contributed by atoms with E-state index in [1.54, 1.807) is 0 Å². The summed E-state index contributed by atoms with van der Waals surface area (Å²) in [5.74, 6) is 0.577. The second kappa shape index (κ2) is 5.68. The topological polar surface area (TPSA) is 126 Å². The van der Waals surface area contributed by atoms with Gasteiger partial charge >= 0.3 is 0 Å². The zero-order valence-corrected chi connectivity index (χ0v) is 13.2. The molecule has 4 unspecified atom stereocenters. The molecule has 2 aromatic rings. The fraction of sp³-hybridized carbons (Fsp3) is 0.643. The van der Waals surface area contributed by atoms with E-state index in [0.717, 1.165) is 0 Å². The van der Waals surface area contributed by atoms with Gasteiger partial charge in [0.25, 0.3) is 0 Å². The fourth-order valence-electron chi connectivity index (χ4n) is 2.59. The maximum Gasteiger partial charge on any atom is 0.167 e. The van der Waals surface area contributed by atoms with Crippen LogP contribution in [-0.4, -0.2) is 65.3 Å². The summed E-state index contributed by atoms with van der Waals surface area (Å²) in [5, 5.41) is 32.5. The molecule has 0 saturated carbocycles. The first-order chi connectivity index (χ1) is 10.8. The van der Waals surface area contributed by atoms with Crippen LogP contribution >= 0.6 is 0 Å². The van der Waals surface area contributed by atoms with Crippen molar-refractivity contribution in [1.82, 2.24) is 19.5 Å². The van der Waals surface area contributed by atoms with E-state index in [1.165, 1.54) is 17.2 Å². The van der Waals surface area contributed by atoms with E-state index >= 15 is 0 Å². The molecule has 23 heavy (non-hydrogen) atoms. The number of aliphatic hydroxyl groups is 3. The number of hydrogen-bond donors (Lipinski definition) is 4. The van der Waals surface area contributed by atoms with E-state index in [0.29, 0.717) is 17.0 Å². The van der Waals surface area contributed by atoms with Crippen LogP contribution < -0.4 is 5.32 Å². The molecule has 0 bridgehead atoms. The van der Waals surface area contributed by atoms with Gasteiger partial charge in [-0.05, 0) is 20.8 Å². The third-order valence-electron chi connectivity index (χ3n) is 3.64. The van der Waals surface area contributed by atoms with E-state index < -0.39 is 24.5 Å². The van der Waals surface area contributed by atoms with Gasteiger partial charge in [0, 0.05) is 5.54 Å². The van der Waals surface area contributed by atoms with Crippen LogP contribution in [0.15, 0.2) is 12.7 Å². The number of imidazole rings is 1. The number of fused-ring (bicyclic) bond motifs is 1. The normalized spacial score (nSPS) is 28.4. The Kier molecular flexibility index (Phi) is 3.96. The average molecular weight is 323 g/mol. The lowest BCUT2D eigenvalue weighted by Crippen LogP contribution is -2.33. The number of rotatable bonds is 3. The Bertz CT molecular complexity index is 698. The Morgan fingerprint density at radius 2 is 1.96 bits per heavy atom. The number of hydrogen-bond acceptors (Lipinski definition) is 8. The van der Waals surface area contributed by atoms with Gasteiger partial charge in [-0.25, -0.2) is 15.0 Å². The minimum atomic E-state index is -1.18. The molecule has 0 amide bonds. The highest BCUT2D eigenvalue weighted by Gasteiger charge is 2.44. The summed E-state index contributed by atoms with van der Waals surface area (Å²) in [4.78, 5) is 12.7. The Labute approximate surface area is 133 Å². The van der Waals surface area contributed by atoms with Crippen LogP contribution in [0, 0.1) is 0 Å². The smallest absolute Gasteiger partial charge is 0.167 e. The average Bonchev–Trinajstić information content (AvgIpc) is 3.01. The standard InChI is InChI=1S/C14H21N5O4/c1-14(2,3)18-11-8-12(16-5-15-11)19(6-17-8)13-10(22)9(21)7(4-20)23-13/h5-7,9-10,13,20-22H,4H2,1-3H3,(H,15,16,18). The molecule has 4 N–H and O–H groups in total. The van der Waals surface area contributed by atoms with Gasteiger partial charge in [0.2, 0.25) is 0 Å². The number of aromatic nitrogens is 4. The third-order valence-corrected chi connectivity index (χ3v) is 3.64. The second-order valence-electron chi connectivity index (χ2n) is 6.65. The van der Waals surface area contributed by atoms with Gasteiger partial charge in [0.1, 0.15) is 24.6 Å². The molecule has 2 aromatic heterocycles. The highest BCUT2D eigenvalue weighted by molar-refractivity contribution is 5.83. The maximum absolute atomic E-state index is 10.2. The number of anilines is 1. The van der Waals surface area contributed by atoms with Gasteiger partial charge in [-0.1, -0.05) is 0 Å². The molecule has 126 valence electrons. The molecule has 3 rings (SSSR count). The number of nitrogens with zero attached hydrogens (tertiary/aromatic N) is 4. The molecular weight excluding hydrogens is 302 g/mol. The van der Waals surface area contributed by atoms with Gasteiger partial charge < -0.3 is 25.4 Å². The largest absolute Gasteiger partial charge is 0.394 e. The van der Waals surface area contributed by atoms with Crippen LogP contribution in [0.25, 0.3) is 11.2 Å². The van der Waals surface area contributed by atoms with Gasteiger partial charge in [-0.15, -0.1) is 0 Å². The number of ether oxygens (including phenoxy) is 1. The quantitative estimate of drug-likeness (QED) is 0.604. The summed E-state index contributed by atoms with van der Waals surface area (Å²) in [7, 11) is 0. The molecule has 1 fully saturated rings. The van der Waals surface area contributed by atoms with Crippen LogP contribution in [0.2, 0.25) is 0 Å². The molecule has 3 heterocycles. The van der Waals surface area contributed by atoms with Crippen molar-refractivity contribution in [3.8, 4) is 0 Å². The molecule has 0 aliphatic carbocycles. The molecule has 0 spiro atoms. The highest BCUT2D eigenvalue weighted by Crippen LogP contribution is 2.32. The minimum absolute atomic E-state index is 0.202. The molecule has 1 saturated heterocycles. The first kappa shape index (κ1) is 16.1. The predicted molar refractivity (Wildman–Crippen MR) is 81.7 cm³/mol. The van der Waals surface area contributed by atoms with Crippen LogP contribution in [-0.2, 0) is 4.74 Å². The molecule has 9 nitrogen and oxygen atoms in total. The third kappa shape index (κ3) is 2.88. The van der Waals surface area contributed by atoms with Crippen molar-refractivity contribution in [1.29, 1.82) is 0 Å². The lowest BCUT2D eigenvalue weighted by Gasteiger charge is -2.21. The molecule has 0 radical (unpaired) electrons. The van der Waals surface area contributed by atoms with Gasteiger partial charge in [-0.2, -0.15) is 0 Å². The van der Waals surface area contributed by atoms with E-state index in [9.17, 15) is 15.3 Å². The summed E-state index contributed by atoms with van der Waals surface area (Å²) in [6, 6.07) is 0. The monoisotopic (exact) mass is 323 g/mol. The molecule has 1 aliphatic rings. The van der Waals surface area contributed by atoms with Crippen molar-refractivity contribution in [2.75, 3.05) is 11.9 Å². The SMILES string of the molecule is CC(C)(C)Nc1ncnc2c1ncn2C1OC(CO)C(O)C1O. The van der Waals surface area contributed by atoms with Crippen molar-refractivity contribution >= 4 is 17.0 Å². The molecule has 9 heteroatoms. The van der Waals surface area contributed by atoms with Crippen molar-refractivity contribution in [3.05, 3.63) is 12.7 Å². The Morgan fingerprint density at radius 3 is 2.57 bits per heavy atom. The molecular formula is C14H21N5O4. The second-order valence-corrected chi connectivity index (χ2v) is 6.65.